The quantitative estimate of drug-likeness (QED) is 0.623. The third-order valence-corrected chi connectivity index (χ3v) is 7.89. The minimum Gasteiger partial charge on any atom is -0.449 e. The minimum atomic E-state index is -3.69. The van der Waals surface area contributed by atoms with Gasteiger partial charge < -0.3 is 14.5 Å². The molecule has 1 fully saturated rings. The van der Waals surface area contributed by atoms with E-state index in [-0.39, 0.29) is 15.9 Å². The number of halogens is 1. The van der Waals surface area contributed by atoms with Crippen LogP contribution in [0.3, 0.4) is 0 Å². The highest BCUT2D eigenvalue weighted by molar-refractivity contribution is 7.91. The first-order chi connectivity index (χ1) is 15.3. The zero-order valence-corrected chi connectivity index (χ0v) is 19.3. The lowest BCUT2D eigenvalue weighted by Gasteiger charge is -2.37. The van der Waals surface area contributed by atoms with Crippen LogP contribution in [0.5, 0.6) is 0 Å². The fraction of sp³-hybridized carbons (Fsp3) is 0.458. The topological polar surface area (TPSA) is 66.9 Å². The molecule has 0 radical (unpaired) electrons. The predicted molar refractivity (Wildman–Crippen MR) is 120 cm³/mol. The summed E-state index contributed by atoms with van der Waals surface area (Å²) in [5, 5.41) is 0. The average Bonchev–Trinajstić information content (AvgIpc) is 3.21. The van der Waals surface area contributed by atoms with Gasteiger partial charge in [0.1, 0.15) is 5.82 Å². The van der Waals surface area contributed by atoms with E-state index in [4.69, 9.17) is 4.74 Å². The second-order valence-corrected chi connectivity index (χ2v) is 10.8. The van der Waals surface area contributed by atoms with Gasteiger partial charge in [-0.2, -0.15) is 0 Å². The van der Waals surface area contributed by atoms with E-state index in [1.165, 1.54) is 12.1 Å². The van der Waals surface area contributed by atoms with Crippen LogP contribution in [0.25, 0.3) is 0 Å². The van der Waals surface area contributed by atoms with Crippen molar-refractivity contribution < 1.29 is 22.3 Å². The van der Waals surface area contributed by atoms with Crippen LogP contribution >= 0.6 is 0 Å². The van der Waals surface area contributed by atoms with Crippen molar-refractivity contribution in [1.29, 1.82) is 0 Å². The maximum Gasteiger partial charge on any atom is 0.409 e. The number of carbonyl (C=O) groups is 1. The van der Waals surface area contributed by atoms with Crippen molar-refractivity contribution in [1.82, 2.24) is 4.90 Å². The molecule has 8 heteroatoms. The van der Waals surface area contributed by atoms with E-state index in [9.17, 15) is 17.6 Å². The molecule has 2 aliphatic heterocycles. The van der Waals surface area contributed by atoms with Crippen molar-refractivity contribution >= 4 is 21.6 Å². The largest absolute Gasteiger partial charge is 0.449 e. The van der Waals surface area contributed by atoms with E-state index < -0.39 is 15.7 Å². The number of sulfone groups is 1. The number of amides is 1. The van der Waals surface area contributed by atoms with Crippen LogP contribution < -0.4 is 4.90 Å². The number of likely N-dealkylation sites (tertiary alicyclic amines) is 1. The first kappa shape index (κ1) is 22.6. The zero-order chi connectivity index (χ0) is 22.9. The molecule has 172 valence electrons. The van der Waals surface area contributed by atoms with Gasteiger partial charge in [0.15, 0.2) is 0 Å². The smallest absolute Gasteiger partial charge is 0.409 e. The molecule has 0 unspecified atom stereocenters. The molecule has 0 aliphatic carbocycles. The molecule has 0 atom stereocenters. The number of nitrogens with zero attached hydrogens (tertiary/aromatic N) is 2. The van der Waals surface area contributed by atoms with E-state index in [0.29, 0.717) is 31.7 Å². The number of hydrogen-bond donors (Lipinski definition) is 0. The Morgan fingerprint density at radius 1 is 1.06 bits per heavy atom. The third kappa shape index (κ3) is 4.60. The molecule has 32 heavy (non-hydrogen) atoms. The first-order valence-corrected chi connectivity index (χ1v) is 12.6. The highest BCUT2D eigenvalue weighted by Gasteiger charge is 2.32. The molecular weight excluding hydrogens is 431 g/mol. The summed E-state index contributed by atoms with van der Waals surface area (Å²) in [5.41, 5.74) is 2.07. The second kappa shape index (κ2) is 9.10. The lowest BCUT2D eigenvalue weighted by Crippen LogP contribution is -2.46. The number of rotatable bonds is 5. The van der Waals surface area contributed by atoms with Crippen LogP contribution in [0, 0.1) is 11.7 Å². The van der Waals surface area contributed by atoms with E-state index in [0.717, 1.165) is 49.2 Å². The molecule has 4 rings (SSSR count). The molecule has 2 aromatic rings. The van der Waals surface area contributed by atoms with Crippen LogP contribution in [-0.2, 0) is 21.0 Å². The second-order valence-electron chi connectivity index (χ2n) is 8.88. The van der Waals surface area contributed by atoms with Crippen LogP contribution in [-0.4, -0.2) is 51.7 Å². The Bertz CT molecular complexity index is 1080. The molecular formula is C24H29FN2O4S. The average molecular weight is 461 g/mol. The Labute approximate surface area is 188 Å². The molecule has 0 bridgehead atoms. The Kier molecular flexibility index (Phi) is 6.42. The fourth-order valence-electron chi connectivity index (χ4n) is 4.39. The summed E-state index contributed by atoms with van der Waals surface area (Å²) in [6.07, 6.45) is 2.24. The highest BCUT2D eigenvalue weighted by atomic mass is 32.2. The van der Waals surface area contributed by atoms with Gasteiger partial charge in [0.05, 0.1) is 16.4 Å². The molecule has 6 nitrogen and oxygen atoms in total. The van der Waals surface area contributed by atoms with Crippen molar-refractivity contribution in [2.24, 2.45) is 5.92 Å². The molecule has 1 amide bonds. The summed E-state index contributed by atoms with van der Waals surface area (Å²) in [6.45, 7) is 6.61. The molecule has 0 N–H and O–H groups in total. The molecule has 0 aromatic heterocycles. The van der Waals surface area contributed by atoms with Crippen molar-refractivity contribution in [2.75, 3.05) is 31.1 Å². The summed E-state index contributed by atoms with van der Waals surface area (Å²) in [5.74, 6) is -0.151. The standard InChI is InChI=1S/C24H29FN2O4S/c1-17(2)16-31-24(28)26-12-10-20(11-13-26)27-14-9-18-15-22(7-8-23(18)27)32(29,30)21-5-3-19(25)4-6-21/h3-8,15,17,20H,9-14,16H2,1-2H3. The molecule has 0 spiro atoms. The van der Waals surface area contributed by atoms with Crippen LogP contribution in [0.1, 0.15) is 32.3 Å². The van der Waals surface area contributed by atoms with Gasteiger partial charge in [-0.3, -0.25) is 0 Å². The molecule has 1 saturated heterocycles. The maximum absolute atomic E-state index is 13.2. The monoisotopic (exact) mass is 460 g/mol. The van der Waals surface area contributed by atoms with Crippen molar-refractivity contribution in [2.45, 2.75) is 48.9 Å². The Morgan fingerprint density at radius 3 is 2.38 bits per heavy atom. The number of hydrogen-bond acceptors (Lipinski definition) is 5. The number of anilines is 1. The summed E-state index contributed by atoms with van der Waals surface area (Å²) in [6, 6.07) is 10.5. The summed E-state index contributed by atoms with van der Waals surface area (Å²) < 4.78 is 44.4. The van der Waals surface area contributed by atoms with Crippen molar-refractivity contribution in [3.8, 4) is 0 Å². The van der Waals surface area contributed by atoms with Gasteiger partial charge in [0.25, 0.3) is 0 Å². The first-order valence-electron chi connectivity index (χ1n) is 11.1. The number of fused-ring (bicyclic) bond motifs is 1. The van der Waals surface area contributed by atoms with E-state index in [2.05, 4.69) is 4.90 Å². The molecule has 2 aromatic carbocycles. The Hall–Kier alpha value is -2.61. The lowest BCUT2D eigenvalue weighted by atomic mass is 10.0. The van der Waals surface area contributed by atoms with Gasteiger partial charge in [0, 0.05) is 31.4 Å². The van der Waals surface area contributed by atoms with Gasteiger partial charge in [-0.1, -0.05) is 13.8 Å². The third-order valence-electron chi connectivity index (χ3n) is 6.12. The van der Waals surface area contributed by atoms with Crippen molar-refractivity contribution in [3.63, 3.8) is 0 Å². The Morgan fingerprint density at radius 2 is 1.72 bits per heavy atom. The summed E-state index contributed by atoms with van der Waals surface area (Å²) in [4.78, 5) is 16.6. The molecule has 2 aliphatic rings. The fourth-order valence-corrected chi connectivity index (χ4v) is 5.70. The van der Waals surface area contributed by atoms with Gasteiger partial charge in [-0.25, -0.2) is 17.6 Å². The summed E-state index contributed by atoms with van der Waals surface area (Å²) in [7, 11) is -3.69. The molecule has 2 heterocycles. The van der Waals surface area contributed by atoms with Crippen LogP contribution in [0.4, 0.5) is 14.9 Å². The van der Waals surface area contributed by atoms with E-state index in [1.54, 1.807) is 17.0 Å². The number of benzene rings is 2. The van der Waals surface area contributed by atoms with Gasteiger partial charge in [0.2, 0.25) is 9.84 Å². The van der Waals surface area contributed by atoms with E-state index >= 15 is 0 Å². The molecule has 0 saturated carbocycles. The van der Waals surface area contributed by atoms with Gasteiger partial charge in [-0.15, -0.1) is 0 Å². The highest BCUT2D eigenvalue weighted by Crippen LogP contribution is 2.35. The zero-order valence-electron chi connectivity index (χ0n) is 18.5. The SMILES string of the molecule is CC(C)COC(=O)N1CCC(N2CCc3cc(S(=O)(=O)c4ccc(F)cc4)ccc32)CC1. The van der Waals surface area contributed by atoms with Crippen molar-refractivity contribution in [3.05, 3.63) is 53.8 Å². The predicted octanol–water partition coefficient (Wildman–Crippen LogP) is 4.28. The van der Waals surface area contributed by atoms with Crippen LogP contribution in [0.15, 0.2) is 52.3 Å². The number of ether oxygens (including phenoxy) is 1. The van der Waals surface area contributed by atoms with Crippen LogP contribution in [0.2, 0.25) is 0 Å². The van der Waals surface area contributed by atoms with Gasteiger partial charge in [-0.05, 0) is 73.2 Å². The normalized spacial score (nSPS) is 17.0. The number of piperidine rings is 1. The number of carbonyl (C=O) groups excluding carboxylic acids is 1. The summed E-state index contributed by atoms with van der Waals surface area (Å²) >= 11 is 0. The maximum atomic E-state index is 13.2. The Balaban J connectivity index is 1.43. The van der Waals surface area contributed by atoms with Gasteiger partial charge >= 0.3 is 6.09 Å². The van der Waals surface area contributed by atoms with E-state index in [1.807, 2.05) is 19.9 Å². The minimum absolute atomic E-state index is 0.0884. The lowest BCUT2D eigenvalue weighted by molar-refractivity contribution is 0.0833.